The molecule has 1 N–H and O–H groups in total. The Balaban J connectivity index is 1.68. The smallest absolute Gasteiger partial charge is 0.261 e. The Bertz CT molecular complexity index is 918. The first-order valence-corrected chi connectivity index (χ1v) is 9.13. The summed E-state index contributed by atoms with van der Waals surface area (Å²) in [4.78, 5) is 12.6. The first-order chi connectivity index (χ1) is 12.6. The predicted octanol–water partition coefficient (Wildman–Crippen LogP) is 5.28. The minimum Gasteiger partial charge on any atom is -0.481 e. The second kappa shape index (κ2) is 8.24. The summed E-state index contributed by atoms with van der Waals surface area (Å²) in [6, 6.07) is 19.7. The highest BCUT2D eigenvalue weighted by Gasteiger charge is 2.18. The molecule has 0 radical (unpaired) electrons. The van der Waals surface area contributed by atoms with Crippen molar-refractivity contribution in [1.29, 1.82) is 0 Å². The third-order valence-corrected chi connectivity index (χ3v) is 4.83. The van der Waals surface area contributed by atoms with Gasteiger partial charge in [0.25, 0.3) is 5.91 Å². The van der Waals surface area contributed by atoms with Crippen molar-refractivity contribution in [2.75, 3.05) is 0 Å². The fraction of sp³-hybridized carbons (Fsp3) is 0.227. The zero-order valence-electron chi connectivity index (χ0n) is 15.0. The Morgan fingerprint density at radius 1 is 1.12 bits per heavy atom. The second-order valence-corrected chi connectivity index (χ2v) is 6.69. The molecule has 134 valence electrons. The summed E-state index contributed by atoms with van der Waals surface area (Å²) >= 11 is 6.04. The van der Waals surface area contributed by atoms with Crippen molar-refractivity contribution in [1.82, 2.24) is 5.32 Å². The number of benzene rings is 3. The van der Waals surface area contributed by atoms with Gasteiger partial charge in [0.1, 0.15) is 5.75 Å². The van der Waals surface area contributed by atoms with E-state index in [0.29, 0.717) is 23.7 Å². The Hall–Kier alpha value is -2.52. The molecule has 3 aromatic carbocycles. The molecule has 0 heterocycles. The number of hydrogen-bond acceptors (Lipinski definition) is 2. The van der Waals surface area contributed by atoms with Crippen LogP contribution in [0.4, 0.5) is 0 Å². The molecule has 0 aliphatic heterocycles. The van der Waals surface area contributed by atoms with E-state index in [4.69, 9.17) is 16.3 Å². The van der Waals surface area contributed by atoms with Crippen LogP contribution in [0.15, 0.2) is 60.7 Å². The zero-order chi connectivity index (χ0) is 18.5. The van der Waals surface area contributed by atoms with E-state index in [1.165, 1.54) is 5.39 Å². The van der Waals surface area contributed by atoms with Crippen LogP contribution >= 0.6 is 11.6 Å². The Labute approximate surface area is 158 Å². The molecule has 4 heteroatoms. The van der Waals surface area contributed by atoms with Crippen molar-refractivity contribution < 1.29 is 9.53 Å². The van der Waals surface area contributed by atoms with E-state index in [1.807, 2.05) is 44.2 Å². The van der Waals surface area contributed by atoms with Crippen LogP contribution < -0.4 is 10.1 Å². The lowest BCUT2D eigenvalue weighted by Gasteiger charge is -2.18. The van der Waals surface area contributed by atoms with Gasteiger partial charge >= 0.3 is 0 Å². The van der Waals surface area contributed by atoms with E-state index < -0.39 is 6.10 Å². The number of fused-ring (bicyclic) bond motifs is 1. The van der Waals surface area contributed by atoms with Gasteiger partial charge in [-0.25, -0.2) is 0 Å². The molecule has 0 fully saturated rings. The van der Waals surface area contributed by atoms with Gasteiger partial charge in [0.05, 0.1) is 0 Å². The van der Waals surface area contributed by atoms with Crippen LogP contribution in [-0.2, 0) is 11.3 Å². The second-order valence-electron chi connectivity index (χ2n) is 6.28. The first-order valence-electron chi connectivity index (χ1n) is 8.75. The van der Waals surface area contributed by atoms with Crippen LogP contribution in [0, 0.1) is 6.92 Å². The highest BCUT2D eigenvalue weighted by molar-refractivity contribution is 6.31. The summed E-state index contributed by atoms with van der Waals surface area (Å²) in [5.74, 6) is 0.534. The van der Waals surface area contributed by atoms with E-state index in [0.717, 1.165) is 16.5 Å². The molecule has 0 aliphatic rings. The summed E-state index contributed by atoms with van der Waals surface area (Å²) in [6.07, 6.45) is 0.0498. The normalized spacial score (nSPS) is 12.0. The van der Waals surface area contributed by atoms with E-state index in [2.05, 4.69) is 23.5 Å². The van der Waals surface area contributed by atoms with Crippen LogP contribution in [0.1, 0.15) is 24.5 Å². The van der Waals surface area contributed by atoms with Gasteiger partial charge in [0, 0.05) is 11.6 Å². The molecule has 1 amide bonds. The first kappa shape index (κ1) is 18.3. The van der Waals surface area contributed by atoms with Crippen LogP contribution in [0.25, 0.3) is 10.8 Å². The summed E-state index contributed by atoms with van der Waals surface area (Å²) in [5, 5.41) is 6.00. The SMILES string of the molecule is CCC(Oc1ccc(Cl)c(C)c1)C(=O)NCc1cccc2ccccc12. The molecule has 3 aromatic rings. The van der Waals surface area contributed by atoms with Crippen molar-refractivity contribution >= 4 is 28.3 Å². The monoisotopic (exact) mass is 367 g/mol. The number of rotatable bonds is 6. The Kier molecular flexibility index (Phi) is 5.79. The highest BCUT2D eigenvalue weighted by Crippen LogP contribution is 2.23. The molecular weight excluding hydrogens is 346 g/mol. The standard InChI is InChI=1S/C22H22ClNO2/c1-3-21(26-18-11-12-20(23)15(2)13-18)22(25)24-14-17-9-6-8-16-7-4-5-10-19(16)17/h4-13,21H,3,14H2,1-2H3,(H,24,25). The summed E-state index contributed by atoms with van der Waals surface area (Å²) < 4.78 is 5.87. The lowest BCUT2D eigenvalue weighted by Crippen LogP contribution is -2.37. The van der Waals surface area contributed by atoms with Crippen molar-refractivity contribution in [3.8, 4) is 5.75 Å². The van der Waals surface area contributed by atoms with E-state index in [1.54, 1.807) is 12.1 Å². The molecule has 0 saturated carbocycles. The molecule has 0 bridgehead atoms. The van der Waals surface area contributed by atoms with Gasteiger partial charge < -0.3 is 10.1 Å². The van der Waals surface area contributed by atoms with Gasteiger partial charge in [-0.05, 0) is 53.4 Å². The molecule has 0 spiro atoms. The topological polar surface area (TPSA) is 38.3 Å². The minimum absolute atomic E-state index is 0.118. The maximum Gasteiger partial charge on any atom is 0.261 e. The fourth-order valence-corrected chi connectivity index (χ4v) is 3.04. The molecule has 1 atom stereocenters. The average Bonchev–Trinajstić information content (AvgIpc) is 2.66. The number of halogens is 1. The third kappa shape index (κ3) is 4.17. The van der Waals surface area contributed by atoms with Gasteiger partial charge in [-0.1, -0.05) is 61.0 Å². The molecule has 0 aromatic heterocycles. The fourth-order valence-electron chi connectivity index (χ4n) is 2.92. The number of ether oxygens (including phenoxy) is 1. The molecule has 3 nitrogen and oxygen atoms in total. The Morgan fingerprint density at radius 2 is 1.88 bits per heavy atom. The van der Waals surface area contributed by atoms with Gasteiger partial charge in [0.15, 0.2) is 6.10 Å². The predicted molar refractivity (Wildman–Crippen MR) is 107 cm³/mol. The number of carbonyl (C=O) groups is 1. The number of hydrogen-bond donors (Lipinski definition) is 1. The van der Waals surface area contributed by atoms with Crippen molar-refractivity contribution in [2.24, 2.45) is 0 Å². The summed E-state index contributed by atoms with van der Waals surface area (Å²) in [5.41, 5.74) is 2.02. The van der Waals surface area contributed by atoms with Crippen molar-refractivity contribution in [2.45, 2.75) is 32.9 Å². The van der Waals surface area contributed by atoms with Crippen LogP contribution in [0.2, 0.25) is 5.02 Å². The van der Waals surface area contributed by atoms with Gasteiger partial charge in [0.2, 0.25) is 0 Å². The lowest BCUT2D eigenvalue weighted by molar-refractivity contribution is -0.128. The third-order valence-electron chi connectivity index (χ3n) is 4.40. The molecule has 0 saturated heterocycles. The maximum atomic E-state index is 12.6. The lowest BCUT2D eigenvalue weighted by atomic mass is 10.0. The number of nitrogens with one attached hydrogen (secondary N) is 1. The summed E-state index contributed by atoms with van der Waals surface area (Å²) in [7, 11) is 0. The van der Waals surface area contributed by atoms with Crippen LogP contribution in [0.3, 0.4) is 0 Å². The molecule has 26 heavy (non-hydrogen) atoms. The maximum absolute atomic E-state index is 12.6. The minimum atomic E-state index is -0.537. The molecular formula is C22H22ClNO2. The quantitative estimate of drug-likeness (QED) is 0.644. The van der Waals surface area contributed by atoms with E-state index in [-0.39, 0.29) is 5.91 Å². The zero-order valence-corrected chi connectivity index (χ0v) is 15.7. The van der Waals surface area contributed by atoms with E-state index in [9.17, 15) is 4.79 Å². The largest absolute Gasteiger partial charge is 0.481 e. The summed E-state index contributed by atoms with van der Waals surface area (Å²) in [6.45, 7) is 4.32. The van der Waals surface area contributed by atoms with Crippen molar-refractivity contribution in [3.63, 3.8) is 0 Å². The molecule has 0 aliphatic carbocycles. The van der Waals surface area contributed by atoms with E-state index >= 15 is 0 Å². The van der Waals surface area contributed by atoms with Gasteiger partial charge in [-0.3, -0.25) is 4.79 Å². The molecule has 1 unspecified atom stereocenters. The van der Waals surface area contributed by atoms with Gasteiger partial charge in [-0.15, -0.1) is 0 Å². The van der Waals surface area contributed by atoms with Crippen LogP contribution in [-0.4, -0.2) is 12.0 Å². The van der Waals surface area contributed by atoms with Gasteiger partial charge in [-0.2, -0.15) is 0 Å². The number of aryl methyl sites for hydroxylation is 1. The molecule has 3 rings (SSSR count). The number of carbonyl (C=O) groups excluding carboxylic acids is 1. The highest BCUT2D eigenvalue weighted by atomic mass is 35.5. The van der Waals surface area contributed by atoms with Crippen molar-refractivity contribution in [3.05, 3.63) is 76.8 Å². The van der Waals surface area contributed by atoms with Crippen LogP contribution in [0.5, 0.6) is 5.75 Å². The number of amides is 1. The Morgan fingerprint density at radius 3 is 2.65 bits per heavy atom. The average molecular weight is 368 g/mol.